The summed E-state index contributed by atoms with van der Waals surface area (Å²) in [5.74, 6) is -0.518. The molecule has 7 nitrogen and oxygen atoms in total. The molecule has 0 spiro atoms. The summed E-state index contributed by atoms with van der Waals surface area (Å²) in [5, 5.41) is 4.23. The molecule has 5 rings (SSSR count). The highest BCUT2D eigenvalue weighted by Crippen LogP contribution is 2.29. The quantitative estimate of drug-likeness (QED) is 0.170. The molecule has 0 atom stereocenters. The summed E-state index contributed by atoms with van der Waals surface area (Å²) < 4.78 is 31.1. The molecule has 0 aliphatic carbocycles. The Labute approximate surface area is 240 Å². The molecule has 0 bridgehead atoms. The first kappa shape index (κ1) is 27.6. The molecule has 0 radical (unpaired) electrons. The lowest BCUT2D eigenvalue weighted by Crippen LogP contribution is -2.33. The summed E-state index contributed by atoms with van der Waals surface area (Å²) in [4.78, 5) is 13.5. The zero-order valence-electron chi connectivity index (χ0n) is 22.8. The van der Waals surface area contributed by atoms with Crippen molar-refractivity contribution >= 4 is 27.8 Å². The van der Waals surface area contributed by atoms with Gasteiger partial charge >= 0.3 is 0 Å². The van der Waals surface area contributed by atoms with Crippen LogP contribution in [0.5, 0.6) is 0 Å². The van der Waals surface area contributed by atoms with Crippen LogP contribution in [0.4, 0.5) is 5.69 Å². The van der Waals surface area contributed by atoms with Crippen molar-refractivity contribution in [2.45, 2.75) is 25.3 Å². The molecule has 206 valence electrons. The summed E-state index contributed by atoms with van der Waals surface area (Å²) in [6, 6.07) is 36.1. The predicted octanol–water partition coefficient (Wildman–Crippen LogP) is 6.25. The van der Waals surface area contributed by atoms with Crippen molar-refractivity contribution < 1.29 is 13.2 Å². The lowest BCUT2D eigenvalue weighted by atomic mass is 10.1. The van der Waals surface area contributed by atoms with Crippen LogP contribution in [0.2, 0.25) is 0 Å². The van der Waals surface area contributed by atoms with Gasteiger partial charge in [-0.25, -0.2) is 13.8 Å². The molecular weight excluding hydrogens is 532 g/mol. The summed E-state index contributed by atoms with van der Waals surface area (Å²) >= 11 is 0. The number of nitrogens with one attached hydrogen (secondary N) is 1. The number of hydrazone groups is 1. The Hall–Kier alpha value is -4.95. The second kappa shape index (κ2) is 12.1. The zero-order chi connectivity index (χ0) is 28.8. The molecule has 0 aliphatic heterocycles. The van der Waals surface area contributed by atoms with E-state index in [2.05, 4.69) is 15.1 Å². The monoisotopic (exact) mass is 562 g/mol. The van der Waals surface area contributed by atoms with Crippen LogP contribution in [0, 0.1) is 13.8 Å². The number of amides is 1. The van der Waals surface area contributed by atoms with Crippen molar-refractivity contribution in [3.05, 3.63) is 149 Å². The van der Waals surface area contributed by atoms with E-state index in [1.807, 2.05) is 80.6 Å². The topological polar surface area (TPSA) is 83.8 Å². The van der Waals surface area contributed by atoms with Gasteiger partial charge in [0.05, 0.1) is 28.9 Å². The summed E-state index contributed by atoms with van der Waals surface area (Å²) in [5.41, 5.74) is 7.75. The van der Waals surface area contributed by atoms with Crippen molar-refractivity contribution in [2.24, 2.45) is 5.10 Å². The summed E-state index contributed by atoms with van der Waals surface area (Å²) in [6.45, 7) is 4.06. The van der Waals surface area contributed by atoms with Crippen molar-refractivity contribution in [3.63, 3.8) is 0 Å². The molecule has 1 heterocycles. The lowest BCUT2D eigenvalue weighted by molar-refractivity contribution is 0.0955. The van der Waals surface area contributed by atoms with Crippen LogP contribution in [0.3, 0.4) is 0 Å². The van der Waals surface area contributed by atoms with Crippen molar-refractivity contribution in [2.75, 3.05) is 4.31 Å². The molecule has 0 saturated heterocycles. The number of carbonyl (C=O) groups excluding carboxylic acids is 1. The molecule has 1 aromatic heterocycles. The number of carbonyl (C=O) groups is 1. The molecule has 4 aromatic carbocycles. The van der Waals surface area contributed by atoms with Gasteiger partial charge in [-0.1, -0.05) is 78.9 Å². The number of rotatable bonds is 9. The van der Waals surface area contributed by atoms with E-state index in [0.29, 0.717) is 0 Å². The Morgan fingerprint density at radius 1 is 0.829 bits per heavy atom. The fourth-order valence-electron chi connectivity index (χ4n) is 4.77. The minimum Gasteiger partial charge on any atom is -0.318 e. The molecule has 0 aliphatic rings. The number of anilines is 1. The van der Waals surface area contributed by atoms with E-state index >= 15 is 0 Å². The van der Waals surface area contributed by atoms with E-state index in [0.717, 1.165) is 28.2 Å². The van der Waals surface area contributed by atoms with Gasteiger partial charge < -0.3 is 4.57 Å². The Bertz CT molecular complexity index is 1780. The first-order valence-corrected chi connectivity index (χ1v) is 14.6. The smallest absolute Gasteiger partial charge is 0.273 e. The first-order chi connectivity index (χ1) is 19.9. The molecule has 0 saturated carbocycles. The molecule has 8 heteroatoms. The number of aromatic nitrogens is 1. The lowest BCUT2D eigenvalue weighted by Gasteiger charge is -2.26. The van der Waals surface area contributed by atoms with Gasteiger partial charge in [0, 0.05) is 22.6 Å². The van der Waals surface area contributed by atoms with Crippen molar-refractivity contribution in [1.29, 1.82) is 0 Å². The van der Waals surface area contributed by atoms with E-state index in [1.54, 1.807) is 60.8 Å². The van der Waals surface area contributed by atoms with E-state index in [1.165, 1.54) is 4.31 Å². The molecule has 5 aromatic rings. The minimum atomic E-state index is -3.99. The maximum atomic E-state index is 13.9. The standard InChI is InChI=1S/C33H30N4O3S/c1-25-22-28(26(2)37(25)29-16-8-4-9-17-29)23-34-35-33(38)31-20-12-13-21-32(31)36(24-27-14-6-3-7-15-27)41(39,40)30-18-10-5-11-19-30/h3-23H,24H2,1-2H3,(H,35,38)/b34-23-. The van der Waals surface area contributed by atoms with E-state index in [4.69, 9.17) is 0 Å². The number of hydrogen-bond acceptors (Lipinski definition) is 4. The average molecular weight is 563 g/mol. The third-order valence-corrected chi connectivity index (χ3v) is 8.55. The van der Waals surface area contributed by atoms with Crippen molar-refractivity contribution in [3.8, 4) is 5.69 Å². The number of aryl methyl sites for hydroxylation is 1. The predicted molar refractivity (Wildman–Crippen MR) is 163 cm³/mol. The summed E-state index contributed by atoms with van der Waals surface area (Å²) in [7, 11) is -3.99. The highest BCUT2D eigenvalue weighted by Gasteiger charge is 2.28. The van der Waals surface area contributed by atoms with Gasteiger partial charge in [0.25, 0.3) is 15.9 Å². The molecular formula is C33H30N4O3S. The van der Waals surface area contributed by atoms with Gasteiger partial charge in [-0.2, -0.15) is 5.10 Å². The summed E-state index contributed by atoms with van der Waals surface area (Å²) in [6.07, 6.45) is 1.60. The SMILES string of the molecule is Cc1cc(/C=N\NC(=O)c2ccccc2N(Cc2ccccc2)S(=O)(=O)c2ccccc2)c(C)n1-c1ccccc1. The van der Waals surface area contributed by atoms with E-state index < -0.39 is 15.9 Å². The molecule has 1 amide bonds. The van der Waals surface area contributed by atoms with Gasteiger partial charge in [-0.05, 0) is 61.9 Å². The second-order valence-electron chi connectivity index (χ2n) is 9.52. The van der Waals surface area contributed by atoms with Gasteiger partial charge in [0.2, 0.25) is 0 Å². The Balaban J connectivity index is 1.45. The highest BCUT2D eigenvalue weighted by molar-refractivity contribution is 7.92. The zero-order valence-corrected chi connectivity index (χ0v) is 23.6. The number of benzene rings is 4. The molecule has 0 fully saturated rings. The number of hydrogen-bond donors (Lipinski definition) is 1. The molecule has 41 heavy (non-hydrogen) atoms. The Morgan fingerprint density at radius 3 is 2.10 bits per heavy atom. The van der Waals surface area contributed by atoms with E-state index in [-0.39, 0.29) is 22.7 Å². The Morgan fingerprint density at radius 2 is 1.41 bits per heavy atom. The normalized spacial score (nSPS) is 11.5. The molecule has 0 unspecified atom stereocenters. The fourth-order valence-corrected chi connectivity index (χ4v) is 6.26. The number of para-hydroxylation sites is 2. The number of nitrogens with zero attached hydrogens (tertiary/aromatic N) is 3. The van der Waals surface area contributed by atoms with Crippen LogP contribution in [-0.4, -0.2) is 25.1 Å². The van der Waals surface area contributed by atoms with E-state index in [9.17, 15) is 13.2 Å². The number of sulfonamides is 1. The minimum absolute atomic E-state index is 0.0527. The van der Waals surface area contributed by atoms with Gasteiger partial charge in [0.15, 0.2) is 0 Å². The maximum Gasteiger partial charge on any atom is 0.273 e. The van der Waals surface area contributed by atoms with Gasteiger partial charge in [0.1, 0.15) is 0 Å². The first-order valence-electron chi connectivity index (χ1n) is 13.1. The van der Waals surface area contributed by atoms with Crippen LogP contribution in [-0.2, 0) is 16.6 Å². The van der Waals surface area contributed by atoms with Crippen LogP contribution in [0.15, 0.2) is 131 Å². The largest absolute Gasteiger partial charge is 0.318 e. The van der Waals surface area contributed by atoms with Crippen LogP contribution in [0.1, 0.15) is 32.9 Å². The van der Waals surface area contributed by atoms with Gasteiger partial charge in [-0.3, -0.25) is 9.10 Å². The maximum absolute atomic E-state index is 13.9. The second-order valence-corrected chi connectivity index (χ2v) is 11.4. The van der Waals surface area contributed by atoms with Crippen molar-refractivity contribution in [1.82, 2.24) is 9.99 Å². The third-order valence-electron chi connectivity index (χ3n) is 6.77. The molecule has 1 N–H and O–H groups in total. The highest BCUT2D eigenvalue weighted by atomic mass is 32.2. The van der Waals surface area contributed by atoms with Crippen LogP contribution >= 0.6 is 0 Å². The average Bonchev–Trinajstić information content (AvgIpc) is 3.29. The fraction of sp³-hybridized carbons (Fsp3) is 0.0909. The van der Waals surface area contributed by atoms with Crippen LogP contribution < -0.4 is 9.73 Å². The van der Waals surface area contributed by atoms with Crippen LogP contribution in [0.25, 0.3) is 5.69 Å². The Kier molecular flexibility index (Phi) is 8.12. The third kappa shape index (κ3) is 5.97. The van der Waals surface area contributed by atoms with Gasteiger partial charge in [-0.15, -0.1) is 0 Å².